The largest absolute Gasteiger partial charge is 0.342 e. The fraction of sp³-hybridized carbons (Fsp3) is 0.333. The molecule has 1 amide bonds. The topological polar surface area (TPSA) is 86.4 Å². The Morgan fingerprint density at radius 3 is 2.57 bits per heavy atom. The third-order valence-corrected chi connectivity index (χ3v) is 7.19. The summed E-state index contributed by atoms with van der Waals surface area (Å²) in [4.78, 5) is 22.2. The molecule has 1 aliphatic rings. The first-order valence-corrected chi connectivity index (χ1v) is 11.3. The van der Waals surface area contributed by atoms with Gasteiger partial charge in [0.05, 0.1) is 15.9 Å². The standard InChI is InChI=1S/C21H23FN4O3S/c22-16-6-8-17(9-7-16)30(28,29)26-13-3-12-25(14-15-26)21(27)11-10-20-23-18-4-1-2-5-19(18)24-20/h1-2,4-9H,3,10-15H2,(H,23,24). The van der Waals surface area contributed by atoms with Crippen LogP contribution in [0, 0.1) is 5.82 Å². The predicted octanol–water partition coefficient (Wildman–Crippen LogP) is 2.56. The fourth-order valence-corrected chi connectivity index (χ4v) is 5.12. The molecule has 2 heterocycles. The molecular weight excluding hydrogens is 407 g/mol. The number of rotatable bonds is 5. The summed E-state index contributed by atoms with van der Waals surface area (Å²) in [5.41, 5.74) is 1.81. The van der Waals surface area contributed by atoms with E-state index in [-0.39, 0.29) is 17.3 Å². The van der Waals surface area contributed by atoms with Crippen LogP contribution in [0.4, 0.5) is 4.39 Å². The molecule has 0 saturated carbocycles. The van der Waals surface area contributed by atoms with Crippen LogP contribution in [-0.2, 0) is 21.2 Å². The minimum absolute atomic E-state index is 0.0171. The third-order valence-electron chi connectivity index (χ3n) is 5.27. The van der Waals surface area contributed by atoms with Crippen molar-refractivity contribution in [1.29, 1.82) is 0 Å². The Morgan fingerprint density at radius 2 is 1.80 bits per heavy atom. The van der Waals surface area contributed by atoms with Gasteiger partial charge in [-0.15, -0.1) is 0 Å². The minimum atomic E-state index is -3.71. The van der Waals surface area contributed by atoms with E-state index in [1.807, 2.05) is 24.3 Å². The van der Waals surface area contributed by atoms with E-state index in [0.717, 1.165) is 29.0 Å². The van der Waals surface area contributed by atoms with E-state index in [9.17, 15) is 17.6 Å². The maximum Gasteiger partial charge on any atom is 0.243 e. The number of benzene rings is 2. The summed E-state index contributed by atoms with van der Waals surface area (Å²) in [6, 6.07) is 12.5. The highest BCUT2D eigenvalue weighted by Gasteiger charge is 2.28. The smallest absolute Gasteiger partial charge is 0.243 e. The molecule has 1 fully saturated rings. The average Bonchev–Trinajstić information content (AvgIpc) is 2.98. The van der Waals surface area contributed by atoms with Gasteiger partial charge < -0.3 is 9.88 Å². The lowest BCUT2D eigenvalue weighted by Gasteiger charge is -2.22. The quantitative estimate of drug-likeness (QED) is 0.674. The number of amides is 1. The Morgan fingerprint density at radius 1 is 1.03 bits per heavy atom. The minimum Gasteiger partial charge on any atom is -0.342 e. The molecular formula is C21H23FN4O3S. The van der Waals surface area contributed by atoms with Crippen molar-refractivity contribution in [3.8, 4) is 0 Å². The van der Waals surface area contributed by atoms with E-state index >= 15 is 0 Å². The van der Waals surface area contributed by atoms with Gasteiger partial charge in [0.15, 0.2) is 0 Å². The monoisotopic (exact) mass is 430 g/mol. The molecule has 7 nitrogen and oxygen atoms in total. The number of nitrogens with zero attached hydrogens (tertiary/aromatic N) is 3. The van der Waals surface area contributed by atoms with E-state index < -0.39 is 15.8 Å². The number of halogens is 1. The van der Waals surface area contributed by atoms with Crippen molar-refractivity contribution >= 4 is 27.0 Å². The van der Waals surface area contributed by atoms with Gasteiger partial charge in [-0.1, -0.05) is 12.1 Å². The summed E-state index contributed by atoms with van der Waals surface area (Å²) < 4.78 is 40.1. The third kappa shape index (κ3) is 4.36. The lowest BCUT2D eigenvalue weighted by molar-refractivity contribution is -0.131. The zero-order chi connectivity index (χ0) is 21.1. The Bertz CT molecular complexity index is 1110. The van der Waals surface area contributed by atoms with Crippen molar-refractivity contribution in [3.05, 3.63) is 60.2 Å². The molecule has 1 saturated heterocycles. The van der Waals surface area contributed by atoms with Crippen molar-refractivity contribution in [2.45, 2.75) is 24.2 Å². The number of carbonyl (C=O) groups is 1. The average molecular weight is 431 g/mol. The van der Waals surface area contributed by atoms with Gasteiger partial charge in [-0.2, -0.15) is 4.31 Å². The van der Waals surface area contributed by atoms with Gasteiger partial charge in [-0.05, 0) is 42.8 Å². The van der Waals surface area contributed by atoms with Crippen LogP contribution in [0.5, 0.6) is 0 Å². The second kappa shape index (κ2) is 8.53. The van der Waals surface area contributed by atoms with Crippen molar-refractivity contribution < 1.29 is 17.6 Å². The maximum atomic E-state index is 13.1. The lowest BCUT2D eigenvalue weighted by atomic mass is 10.2. The number of carbonyl (C=O) groups excluding carboxylic acids is 1. The normalized spacial score (nSPS) is 16.0. The number of nitrogens with one attached hydrogen (secondary N) is 1. The van der Waals surface area contributed by atoms with Crippen molar-refractivity contribution in [2.75, 3.05) is 26.2 Å². The van der Waals surface area contributed by atoms with E-state index in [1.165, 1.54) is 16.4 Å². The van der Waals surface area contributed by atoms with Crippen LogP contribution in [0.2, 0.25) is 0 Å². The fourth-order valence-electron chi connectivity index (χ4n) is 3.65. The Kier molecular flexibility index (Phi) is 5.83. The van der Waals surface area contributed by atoms with Gasteiger partial charge in [-0.25, -0.2) is 17.8 Å². The number of hydrogen-bond donors (Lipinski definition) is 1. The molecule has 0 aliphatic carbocycles. The van der Waals surface area contributed by atoms with Gasteiger partial charge in [-0.3, -0.25) is 4.79 Å². The van der Waals surface area contributed by atoms with Crippen LogP contribution in [0.25, 0.3) is 11.0 Å². The first kappa shape index (κ1) is 20.5. The molecule has 3 aromatic rings. The molecule has 1 aromatic heterocycles. The van der Waals surface area contributed by atoms with E-state index in [1.54, 1.807) is 4.90 Å². The number of imidazole rings is 1. The predicted molar refractivity (Wildman–Crippen MR) is 111 cm³/mol. The SMILES string of the molecule is O=C(CCc1nc2ccccc2[nH]1)N1CCCN(S(=O)(=O)c2ccc(F)cc2)CC1. The number of fused-ring (bicyclic) bond motifs is 1. The van der Waals surface area contributed by atoms with Gasteiger partial charge in [0.2, 0.25) is 15.9 Å². The summed E-state index contributed by atoms with van der Waals surface area (Å²) in [7, 11) is -3.71. The zero-order valence-corrected chi connectivity index (χ0v) is 17.2. The van der Waals surface area contributed by atoms with E-state index in [0.29, 0.717) is 38.9 Å². The molecule has 2 aromatic carbocycles. The molecule has 0 bridgehead atoms. The second-order valence-corrected chi connectivity index (χ2v) is 9.23. The van der Waals surface area contributed by atoms with Crippen molar-refractivity contribution in [3.63, 3.8) is 0 Å². The number of sulfonamides is 1. The molecule has 158 valence electrons. The summed E-state index contributed by atoms with van der Waals surface area (Å²) in [6.07, 6.45) is 1.36. The van der Waals surface area contributed by atoms with Gasteiger partial charge in [0.25, 0.3) is 0 Å². The summed E-state index contributed by atoms with van der Waals surface area (Å²) in [6.45, 7) is 1.39. The molecule has 0 radical (unpaired) electrons. The summed E-state index contributed by atoms with van der Waals surface area (Å²) in [5, 5.41) is 0. The highest BCUT2D eigenvalue weighted by atomic mass is 32.2. The van der Waals surface area contributed by atoms with Crippen molar-refractivity contribution in [1.82, 2.24) is 19.2 Å². The zero-order valence-electron chi connectivity index (χ0n) is 16.4. The highest BCUT2D eigenvalue weighted by molar-refractivity contribution is 7.89. The van der Waals surface area contributed by atoms with Gasteiger partial charge >= 0.3 is 0 Å². The van der Waals surface area contributed by atoms with E-state index in [4.69, 9.17) is 0 Å². The highest BCUT2D eigenvalue weighted by Crippen LogP contribution is 2.19. The van der Waals surface area contributed by atoms with Crippen LogP contribution in [0.1, 0.15) is 18.7 Å². The van der Waals surface area contributed by atoms with Crippen LogP contribution in [-0.4, -0.2) is 59.7 Å². The van der Waals surface area contributed by atoms with Crippen LogP contribution in [0.3, 0.4) is 0 Å². The number of hydrogen-bond acceptors (Lipinski definition) is 4. The number of aryl methyl sites for hydroxylation is 1. The van der Waals surface area contributed by atoms with Gasteiger partial charge in [0.1, 0.15) is 11.6 Å². The number of H-pyrrole nitrogens is 1. The molecule has 0 atom stereocenters. The summed E-state index contributed by atoms with van der Waals surface area (Å²) in [5.74, 6) is 0.266. The Labute approximate surface area is 174 Å². The summed E-state index contributed by atoms with van der Waals surface area (Å²) >= 11 is 0. The molecule has 1 N–H and O–H groups in total. The number of aromatic amines is 1. The molecule has 0 unspecified atom stereocenters. The number of para-hydroxylation sites is 2. The Hall–Kier alpha value is -2.78. The van der Waals surface area contributed by atoms with Crippen LogP contribution >= 0.6 is 0 Å². The van der Waals surface area contributed by atoms with Crippen LogP contribution < -0.4 is 0 Å². The van der Waals surface area contributed by atoms with Crippen molar-refractivity contribution in [2.24, 2.45) is 0 Å². The molecule has 9 heteroatoms. The first-order valence-electron chi connectivity index (χ1n) is 9.90. The molecule has 30 heavy (non-hydrogen) atoms. The van der Waals surface area contributed by atoms with Gasteiger partial charge in [0, 0.05) is 39.0 Å². The lowest BCUT2D eigenvalue weighted by Crippen LogP contribution is -2.37. The van der Waals surface area contributed by atoms with E-state index in [2.05, 4.69) is 9.97 Å². The molecule has 1 aliphatic heterocycles. The molecule has 4 rings (SSSR count). The first-order chi connectivity index (χ1) is 14.4. The molecule has 0 spiro atoms. The van der Waals surface area contributed by atoms with Crippen LogP contribution in [0.15, 0.2) is 53.4 Å². The maximum absolute atomic E-state index is 13.1. The number of aromatic nitrogens is 2. The Balaban J connectivity index is 1.36. The second-order valence-electron chi connectivity index (χ2n) is 7.29.